The Morgan fingerprint density at radius 3 is 2.67 bits per heavy atom. The standard InChI is InChI=1S/C18H29N3O2.HI/c1-22-11-12-23-17-10-6-7-15(13-17)14-20-18(19)21-16-8-4-2-3-5-9-16;/h6-7,10,13,16H,2-5,8-9,11-12,14H2,1H3,(H3,19,20,21);1H. The molecule has 1 aromatic rings. The van der Waals surface area contributed by atoms with E-state index in [4.69, 9.17) is 15.2 Å². The van der Waals surface area contributed by atoms with Crippen LogP contribution in [0, 0.1) is 0 Å². The van der Waals surface area contributed by atoms with Crippen molar-refractivity contribution in [2.75, 3.05) is 20.3 Å². The second-order valence-corrected chi connectivity index (χ2v) is 6.02. The molecular formula is C18H30IN3O2. The van der Waals surface area contributed by atoms with Gasteiger partial charge < -0.3 is 20.5 Å². The normalized spacial score (nSPS) is 16.1. The fourth-order valence-electron chi connectivity index (χ4n) is 2.83. The van der Waals surface area contributed by atoms with Gasteiger partial charge in [0.25, 0.3) is 0 Å². The van der Waals surface area contributed by atoms with Crippen molar-refractivity contribution >= 4 is 29.9 Å². The number of halogens is 1. The summed E-state index contributed by atoms with van der Waals surface area (Å²) < 4.78 is 10.6. The second kappa shape index (κ2) is 12.4. The number of benzene rings is 1. The van der Waals surface area contributed by atoms with E-state index in [1.54, 1.807) is 7.11 Å². The van der Waals surface area contributed by atoms with Crippen molar-refractivity contribution in [3.8, 4) is 5.75 Å². The van der Waals surface area contributed by atoms with Crippen molar-refractivity contribution in [3.05, 3.63) is 29.8 Å². The lowest BCUT2D eigenvalue weighted by Crippen LogP contribution is -2.39. The van der Waals surface area contributed by atoms with E-state index in [0.29, 0.717) is 31.8 Å². The minimum atomic E-state index is 0. The Kier molecular flexibility index (Phi) is 10.8. The van der Waals surface area contributed by atoms with Crippen LogP contribution in [0.15, 0.2) is 29.3 Å². The molecule has 2 rings (SSSR count). The van der Waals surface area contributed by atoms with Gasteiger partial charge in [-0.25, -0.2) is 4.99 Å². The molecule has 0 heterocycles. The van der Waals surface area contributed by atoms with Crippen LogP contribution in [0.5, 0.6) is 5.75 Å². The number of nitrogens with two attached hydrogens (primary N) is 1. The van der Waals surface area contributed by atoms with Gasteiger partial charge in [-0.15, -0.1) is 24.0 Å². The van der Waals surface area contributed by atoms with Crippen LogP contribution in [0.1, 0.15) is 44.1 Å². The van der Waals surface area contributed by atoms with Gasteiger partial charge in [-0.05, 0) is 30.5 Å². The summed E-state index contributed by atoms with van der Waals surface area (Å²) in [5, 5.41) is 3.37. The summed E-state index contributed by atoms with van der Waals surface area (Å²) >= 11 is 0. The first-order valence-corrected chi connectivity index (χ1v) is 8.55. The van der Waals surface area contributed by atoms with E-state index in [-0.39, 0.29) is 24.0 Å². The molecule has 24 heavy (non-hydrogen) atoms. The number of guanidine groups is 1. The lowest BCUT2D eigenvalue weighted by atomic mass is 10.1. The van der Waals surface area contributed by atoms with Crippen LogP contribution in [-0.4, -0.2) is 32.3 Å². The van der Waals surface area contributed by atoms with Gasteiger partial charge in [-0.3, -0.25) is 0 Å². The SMILES string of the molecule is COCCOc1cccc(CN=C(N)NC2CCCCCC2)c1.I. The predicted molar refractivity (Wildman–Crippen MR) is 109 cm³/mol. The third kappa shape index (κ3) is 8.19. The number of nitrogens with zero attached hydrogens (tertiary/aromatic N) is 1. The first-order valence-electron chi connectivity index (χ1n) is 8.55. The van der Waals surface area contributed by atoms with Gasteiger partial charge in [-0.1, -0.05) is 37.8 Å². The number of aliphatic imine (C=N–C) groups is 1. The first-order chi connectivity index (χ1) is 11.3. The smallest absolute Gasteiger partial charge is 0.189 e. The van der Waals surface area contributed by atoms with Crippen LogP contribution in [-0.2, 0) is 11.3 Å². The van der Waals surface area contributed by atoms with E-state index in [9.17, 15) is 0 Å². The Labute approximate surface area is 162 Å². The van der Waals surface area contributed by atoms with E-state index >= 15 is 0 Å². The molecular weight excluding hydrogens is 417 g/mol. The summed E-state index contributed by atoms with van der Waals surface area (Å²) in [7, 11) is 1.67. The molecule has 5 nitrogen and oxygen atoms in total. The Morgan fingerprint density at radius 2 is 1.96 bits per heavy atom. The highest BCUT2D eigenvalue weighted by atomic mass is 127. The van der Waals surface area contributed by atoms with E-state index in [1.807, 2.05) is 24.3 Å². The summed E-state index contributed by atoms with van der Waals surface area (Å²) in [5.41, 5.74) is 7.12. The van der Waals surface area contributed by atoms with Crippen molar-refractivity contribution in [2.45, 2.75) is 51.1 Å². The van der Waals surface area contributed by atoms with Gasteiger partial charge in [0, 0.05) is 13.2 Å². The molecule has 1 aliphatic carbocycles. The Morgan fingerprint density at radius 1 is 1.21 bits per heavy atom. The number of rotatable bonds is 7. The summed E-state index contributed by atoms with van der Waals surface area (Å²) in [6, 6.07) is 8.42. The Hall–Kier alpha value is -1.02. The monoisotopic (exact) mass is 447 g/mol. The Bertz CT molecular complexity index is 489. The number of hydrogen-bond acceptors (Lipinski definition) is 3. The van der Waals surface area contributed by atoms with Crippen LogP contribution in [0.4, 0.5) is 0 Å². The number of hydrogen-bond donors (Lipinski definition) is 2. The highest BCUT2D eigenvalue weighted by Gasteiger charge is 2.12. The van der Waals surface area contributed by atoms with Crippen molar-refractivity contribution in [1.29, 1.82) is 0 Å². The number of methoxy groups -OCH3 is 1. The summed E-state index contributed by atoms with van der Waals surface area (Å²) in [5.74, 6) is 1.38. The highest BCUT2D eigenvalue weighted by Crippen LogP contribution is 2.17. The van der Waals surface area contributed by atoms with Crippen LogP contribution >= 0.6 is 24.0 Å². The van der Waals surface area contributed by atoms with Gasteiger partial charge in [0.05, 0.1) is 13.2 Å². The van der Waals surface area contributed by atoms with E-state index in [0.717, 1.165) is 11.3 Å². The van der Waals surface area contributed by atoms with Crippen LogP contribution < -0.4 is 15.8 Å². The van der Waals surface area contributed by atoms with Gasteiger partial charge in [-0.2, -0.15) is 0 Å². The maximum Gasteiger partial charge on any atom is 0.189 e. The van der Waals surface area contributed by atoms with Crippen molar-refractivity contribution in [1.82, 2.24) is 5.32 Å². The zero-order valence-electron chi connectivity index (χ0n) is 14.5. The minimum absolute atomic E-state index is 0. The molecule has 6 heteroatoms. The number of nitrogens with one attached hydrogen (secondary N) is 1. The average molecular weight is 447 g/mol. The summed E-state index contributed by atoms with van der Waals surface area (Å²) in [4.78, 5) is 4.46. The molecule has 0 radical (unpaired) electrons. The van der Waals surface area contributed by atoms with Crippen LogP contribution in [0.25, 0.3) is 0 Å². The summed E-state index contributed by atoms with van der Waals surface area (Å²) in [6.07, 6.45) is 7.63. The van der Waals surface area contributed by atoms with E-state index in [1.165, 1.54) is 38.5 Å². The molecule has 0 saturated heterocycles. The molecule has 0 aromatic heterocycles. The predicted octanol–water partition coefficient (Wildman–Crippen LogP) is 3.46. The molecule has 0 amide bonds. The first kappa shape index (κ1) is 21.0. The molecule has 1 saturated carbocycles. The molecule has 1 aromatic carbocycles. The average Bonchev–Trinajstić information content (AvgIpc) is 2.82. The topological polar surface area (TPSA) is 68.9 Å². The van der Waals surface area contributed by atoms with Gasteiger partial charge in [0.2, 0.25) is 0 Å². The maximum atomic E-state index is 6.03. The van der Waals surface area contributed by atoms with Gasteiger partial charge in [0.15, 0.2) is 5.96 Å². The van der Waals surface area contributed by atoms with Crippen molar-refractivity contribution in [3.63, 3.8) is 0 Å². The third-order valence-corrected chi connectivity index (χ3v) is 4.09. The summed E-state index contributed by atoms with van der Waals surface area (Å²) in [6.45, 7) is 1.70. The van der Waals surface area contributed by atoms with Crippen LogP contribution in [0.2, 0.25) is 0 Å². The third-order valence-electron chi connectivity index (χ3n) is 4.09. The molecule has 0 aliphatic heterocycles. The molecule has 136 valence electrons. The minimum Gasteiger partial charge on any atom is -0.491 e. The van der Waals surface area contributed by atoms with E-state index in [2.05, 4.69) is 10.3 Å². The van der Waals surface area contributed by atoms with E-state index < -0.39 is 0 Å². The molecule has 0 spiro atoms. The molecule has 0 unspecified atom stereocenters. The molecule has 1 aliphatic rings. The maximum absolute atomic E-state index is 6.03. The second-order valence-electron chi connectivity index (χ2n) is 6.02. The van der Waals surface area contributed by atoms with Gasteiger partial charge in [0.1, 0.15) is 12.4 Å². The van der Waals surface area contributed by atoms with Crippen molar-refractivity contribution in [2.24, 2.45) is 10.7 Å². The number of ether oxygens (including phenoxy) is 2. The van der Waals surface area contributed by atoms with Crippen molar-refractivity contribution < 1.29 is 9.47 Å². The zero-order chi connectivity index (χ0) is 16.3. The Balaban J connectivity index is 0.00000288. The van der Waals surface area contributed by atoms with Crippen LogP contribution in [0.3, 0.4) is 0 Å². The lowest BCUT2D eigenvalue weighted by Gasteiger charge is -2.16. The molecule has 1 fully saturated rings. The molecule has 0 bridgehead atoms. The highest BCUT2D eigenvalue weighted by molar-refractivity contribution is 14.0. The fourth-order valence-corrected chi connectivity index (χ4v) is 2.83. The molecule has 0 atom stereocenters. The zero-order valence-corrected chi connectivity index (χ0v) is 16.8. The molecule has 3 N–H and O–H groups in total. The fraction of sp³-hybridized carbons (Fsp3) is 0.611. The lowest BCUT2D eigenvalue weighted by molar-refractivity contribution is 0.146. The quantitative estimate of drug-likeness (QED) is 0.221. The van der Waals surface area contributed by atoms with Gasteiger partial charge >= 0.3 is 0 Å². The largest absolute Gasteiger partial charge is 0.491 e.